The molecule has 0 aliphatic heterocycles. The average molecular weight is 467 g/mol. The Balaban J connectivity index is 1.60. The number of aromatic nitrogens is 3. The molecule has 3 heterocycles. The minimum atomic E-state index is 0.505. The Bertz CT molecular complexity index is 1440. The van der Waals surface area contributed by atoms with E-state index in [2.05, 4.69) is 6.07 Å². The Hall–Kier alpha value is -3.99. The van der Waals surface area contributed by atoms with Gasteiger partial charge in [-0.1, -0.05) is 24.3 Å². The SMILES string of the molecule is COc1ccc(-c2nn(-c3ccccc3)cc2/C=C(\C#N)c2nc(-c3cccs3)cs2)cc1. The lowest BCUT2D eigenvalue weighted by Gasteiger charge is -2.03. The van der Waals surface area contributed by atoms with Gasteiger partial charge in [-0.2, -0.15) is 10.4 Å². The largest absolute Gasteiger partial charge is 0.497 e. The molecule has 5 aromatic rings. The summed E-state index contributed by atoms with van der Waals surface area (Å²) in [6.45, 7) is 0. The molecule has 160 valence electrons. The van der Waals surface area contributed by atoms with Gasteiger partial charge in [0.05, 0.1) is 34.6 Å². The van der Waals surface area contributed by atoms with Crippen LogP contribution in [0.4, 0.5) is 0 Å². The first-order valence-corrected chi connectivity index (χ1v) is 11.9. The molecule has 0 bridgehead atoms. The van der Waals surface area contributed by atoms with E-state index in [0.29, 0.717) is 10.6 Å². The highest BCUT2D eigenvalue weighted by Crippen LogP contribution is 2.32. The summed E-state index contributed by atoms with van der Waals surface area (Å²) in [5.41, 5.74) is 4.90. The summed E-state index contributed by atoms with van der Waals surface area (Å²) in [6, 6.07) is 24.0. The van der Waals surface area contributed by atoms with Gasteiger partial charge in [0, 0.05) is 22.7 Å². The topological polar surface area (TPSA) is 63.7 Å². The van der Waals surface area contributed by atoms with Crippen molar-refractivity contribution < 1.29 is 4.74 Å². The summed E-state index contributed by atoms with van der Waals surface area (Å²) in [6.07, 6.45) is 3.81. The van der Waals surface area contributed by atoms with Crippen LogP contribution in [-0.4, -0.2) is 21.9 Å². The summed E-state index contributed by atoms with van der Waals surface area (Å²) in [5.74, 6) is 0.778. The molecule has 0 amide bonds. The van der Waals surface area contributed by atoms with Crippen LogP contribution in [-0.2, 0) is 0 Å². The van der Waals surface area contributed by atoms with Gasteiger partial charge in [-0.3, -0.25) is 0 Å². The molecule has 0 atom stereocenters. The lowest BCUT2D eigenvalue weighted by molar-refractivity contribution is 0.415. The Morgan fingerprint density at radius 2 is 1.85 bits per heavy atom. The summed E-state index contributed by atoms with van der Waals surface area (Å²) < 4.78 is 7.13. The number of nitriles is 1. The molecule has 0 unspecified atom stereocenters. The van der Waals surface area contributed by atoms with Crippen LogP contribution in [0.1, 0.15) is 10.6 Å². The van der Waals surface area contributed by atoms with Crippen molar-refractivity contribution in [2.75, 3.05) is 7.11 Å². The Labute approximate surface area is 199 Å². The Morgan fingerprint density at radius 3 is 2.55 bits per heavy atom. The smallest absolute Gasteiger partial charge is 0.134 e. The third-order valence-corrected chi connectivity index (χ3v) is 6.82. The van der Waals surface area contributed by atoms with E-state index in [-0.39, 0.29) is 0 Å². The molecule has 2 aromatic carbocycles. The normalized spacial score (nSPS) is 11.3. The van der Waals surface area contributed by atoms with Gasteiger partial charge in [-0.25, -0.2) is 9.67 Å². The second-order valence-electron chi connectivity index (χ2n) is 7.13. The number of ether oxygens (including phenoxy) is 1. The summed E-state index contributed by atoms with van der Waals surface area (Å²) >= 11 is 3.11. The summed E-state index contributed by atoms with van der Waals surface area (Å²) in [7, 11) is 1.64. The molecule has 0 N–H and O–H groups in total. The minimum absolute atomic E-state index is 0.505. The molecule has 0 aliphatic carbocycles. The number of allylic oxidation sites excluding steroid dienone is 1. The van der Waals surface area contributed by atoms with Gasteiger partial charge in [-0.15, -0.1) is 22.7 Å². The fourth-order valence-corrected chi connectivity index (χ4v) is 4.96. The first-order valence-electron chi connectivity index (χ1n) is 10.2. The number of hydrogen-bond donors (Lipinski definition) is 0. The zero-order valence-corrected chi connectivity index (χ0v) is 19.3. The van der Waals surface area contributed by atoms with Crippen molar-refractivity contribution in [3.8, 4) is 39.3 Å². The molecule has 33 heavy (non-hydrogen) atoms. The number of rotatable bonds is 6. The van der Waals surface area contributed by atoms with Crippen LogP contribution in [0.3, 0.4) is 0 Å². The summed E-state index contributed by atoms with van der Waals surface area (Å²) in [5, 5.41) is 19.5. The highest BCUT2D eigenvalue weighted by molar-refractivity contribution is 7.14. The number of benzene rings is 2. The third-order valence-electron chi connectivity index (χ3n) is 5.06. The molecular formula is C26H18N4OS2. The molecule has 3 aromatic heterocycles. The van der Waals surface area contributed by atoms with Crippen LogP contribution >= 0.6 is 22.7 Å². The highest BCUT2D eigenvalue weighted by atomic mass is 32.1. The molecular weight excluding hydrogens is 448 g/mol. The van der Waals surface area contributed by atoms with E-state index in [9.17, 15) is 5.26 Å². The van der Waals surface area contributed by atoms with Crippen LogP contribution in [0.2, 0.25) is 0 Å². The van der Waals surface area contributed by atoms with Crippen molar-refractivity contribution in [1.29, 1.82) is 5.26 Å². The number of thiazole rings is 1. The molecule has 0 saturated heterocycles. The fraction of sp³-hybridized carbons (Fsp3) is 0.0385. The molecule has 5 nitrogen and oxygen atoms in total. The lowest BCUT2D eigenvalue weighted by Crippen LogP contribution is -1.94. The second kappa shape index (κ2) is 9.25. The van der Waals surface area contributed by atoms with Crippen molar-refractivity contribution in [3.63, 3.8) is 0 Å². The van der Waals surface area contributed by atoms with Gasteiger partial charge in [0.25, 0.3) is 0 Å². The van der Waals surface area contributed by atoms with Crippen LogP contribution in [0, 0.1) is 11.3 Å². The van der Waals surface area contributed by atoms with E-state index in [1.807, 2.05) is 94.4 Å². The van der Waals surface area contributed by atoms with E-state index >= 15 is 0 Å². The molecule has 0 radical (unpaired) electrons. The van der Waals surface area contributed by atoms with Gasteiger partial charge in [0.15, 0.2) is 0 Å². The third kappa shape index (κ3) is 4.35. The first-order chi connectivity index (χ1) is 16.2. The average Bonchev–Trinajstić information content (AvgIpc) is 3.64. The maximum atomic E-state index is 9.94. The van der Waals surface area contributed by atoms with Gasteiger partial charge in [0.2, 0.25) is 0 Å². The quantitative estimate of drug-likeness (QED) is 0.258. The van der Waals surface area contributed by atoms with Crippen LogP contribution < -0.4 is 4.74 Å². The van der Waals surface area contributed by atoms with Crippen molar-refractivity contribution in [3.05, 3.63) is 94.3 Å². The Kier molecular flexibility index (Phi) is 5.85. The van der Waals surface area contributed by atoms with Gasteiger partial charge < -0.3 is 4.74 Å². The zero-order chi connectivity index (χ0) is 22.6. The predicted octanol–water partition coefficient (Wildman–Crippen LogP) is 6.80. The van der Waals surface area contributed by atoms with E-state index < -0.39 is 0 Å². The second-order valence-corrected chi connectivity index (χ2v) is 8.93. The molecule has 5 rings (SSSR count). The maximum absolute atomic E-state index is 9.94. The Morgan fingerprint density at radius 1 is 1.03 bits per heavy atom. The monoisotopic (exact) mass is 466 g/mol. The molecule has 0 fully saturated rings. The number of nitrogens with zero attached hydrogens (tertiary/aromatic N) is 4. The van der Waals surface area contributed by atoms with Crippen molar-refractivity contribution in [2.45, 2.75) is 0 Å². The van der Waals surface area contributed by atoms with Crippen molar-refractivity contribution in [1.82, 2.24) is 14.8 Å². The standard InChI is InChI=1S/C26H18N4OS2/c1-31-22-11-9-18(10-12-22)25-20(16-30(29-25)21-6-3-2-4-7-21)14-19(15-27)26-28-23(17-33-26)24-8-5-13-32-24/h2-14,16-17H,1H3/b19-14+. The van der Waals surface area contributed by atoms with Gasteiger partial charge >= 0.3 is 0 Å². The molecule has 0 spiro atoms. The predicted molar refractivity (Wildman–Crippen MR) is 134 cm³/mol. The first kappa shape index (κ1) is 20.9. The van der Waals surface area contributed by atoms with E-state index in [1.54, 1.807) is 18.4 Å². The van der Waals surface area contributed by atoms with Gasteiger partial charge in [0.1, 0.15) is 16.8 Å². The molecule has 7 heteroatoms. The number of methoxy groups -OCH3 is 1. The number of hydrogen-bond acceptors (Lipinski definition) is 6. The van der Waals surface area contributed by atoms with Crippen LogP contribution in [0.5, 0.6) is 5.75 Å². The highest BCUT2D eigenvalue weighted by Gasteiger charge is 2.15. The molecule has 0 saturated carbocycles. The number of para-hydroxylation sites is 1. The number of thiophene rings is 1. The van der Waals surface area contributed by atoms with Crippen LogP contribution in [0.25, 0.3) is 39.2 Å². The van der Waals surface area contributed by atoms with Gasteiger partial charge in [-0.05, 0) is 53.9 Å². The zero-order valence-electron chi connectivity index (χ0n) is 17.7. The van der Waals surface area contributed by atoms with Crippen molar-refractivity contribution in [2.24, 2.45) is 0 Å². The van der Waals surface area contributed by atoms with Crippen molar-refractivity contribution >= 4 is 34.3 Å². The maximum Gasteiger partial charge on any atom is 0.134 e. The fourth-order valence-electron chi connectivity index (χ4n) is 3.41. The lowest BCUT2D eigenvalue weighted by atomic mass is 10.1. The molecule has 0 aliphatic rings. The van der Waals surface area contributed by atoms with E-state index in [1.165, 1.54) is 11.3 Å². The van der Waals surface area contributed by atoms with Crippen LogP contribution in [0.15, 0.2) is 83.7 Å². The minimum Gasteiger partial charge on any atom is -0.497 e. The van der Waals surface area contributed by atoms with E-state index in [0.717, 1.165) is 38.8 Å². The summed E-state index contributed by atoms with van der Waals surface area (Å²) in [4.78, 5) is 5.79. The van der Waals surface area contributed by atoms with E-state index in [4.69, 9.17) is 14.8 Å².